The van der Waals surface area contributed by atoms with E-state index in [1.165, 1.54) is 12.3 Å². The fraction of sp³-hybridized carbons (Fsp3) is 0.480. The van der Waals surface area contributed by atoms with Crippen molar-refractivity contribution in [3.63, 3.8) is 0 Å². The predicted octanol–water partition coefficient (Wildman–Crippen LogP) is 4.49. The van der Waals surface area contributed by atoms with Gasteiger partial charge in [-0.05, 0) is 62.1 Å². The quantitative estimate of drug-likeness (QED) is 0.718. The van der Waals surface area contributed by atoms with E-state index in [1.807, 2.05) is 18.7 Å². The molecule has 0 unspecified atom stereocenters. The molecule has 0 radical (unpaired) electrons. The summed E-state index contributed by atoms with van der Waals surface area (Å²) in [6.07, 6.45) is 1.59. The first kappa shape index (κ1) is 24.5. The third-order valence-corrected chi connectivity index (χ3v) is 5.32. The van der Waals surface area contributed by atoms with Gasteiger partial charge in [-0.3, -0.25) is 4.79 Å². The largest absolute Gasteiger partial charge is 0.415 e. The van der Waals surface area contributed by atoms with Crippen molar-refractivity contribution in [1.82, 2.24) is 15.2 Å². The van der Waals surface area contributed by atoms with Crippen molar-refractivity contribution >= 4 is 17.8 Å². The van der Waals surface area contributed by atoms with Crippen molar-refractivity contribution in [2.24, 2.45) is 5.41 Å². The van der Waals surface area contributed by atoms with Gasteiger partial charge < -0.3 is 19.9 Å². The summed E-state index contributed by atoms with van der Waals surface area (Å²) in [6, 6.07) is 9.57. The van der Waals surface area contributed by atoms with Crippen LogP contribution in [0.2, 0.25) is 0 Å². The zero-order chi connectivity index (χ0) is 24.2. The highest BCUT2D eigenvalue weighted by atomic mass is 19.1. The summed E-state index contributed by atoms with van der Waals surface area (Å²) >= 11 is 0. The molecule has 3 rings (SSSR count). The van der Waals surface area contributed by atoms with Crippen LogP contribution in [0.3, 0.4) is 0 Å². The minimum absolute atomic E-state index is 0.0931. The average Bonchev–Trinajstić information content (AvgIpc) is 2.73. The Morgan fingerprint density at radius 3 is 2.18 bits per heavy atom. The molecule has 1 aromatic heterocycles. The number of amides is 2. The number of carbonyl (C=O) groups excluding carboxylic acids is 2. The number of halogens is 1. The van der Waals surface area contributed by atoms with Gasteiger partial charge in [-0.1, -0.05) is 20.8 Å². The average molecular weight is 457 g/mol. The molecule has 0 atom stereocenters. The van der Waals surface area contributed by atoms with Gasteiger partial charge in [0.25, 0.3) is 5.91 Å². The first-order valence-corrected chi connectivity index (χ1v) is 11.2. The van der Waals surface area contributed by atoms with Crippen LogP contribution in [0.25, 0.3) is 0 Å². The Hall–Kier alpha value is -3.16. The summed E-state index contributed by atoms with van der Waals surface area (Å²) in [5, 5.41) is 3.08. The normalized spacial score (nSPS) is 14.7. The Balaban J connectivity index is 1.51. The highest BCUT2D eigenvalue weighted by Crippen LogP contribution is 2.27. The van der Waals surface area contributed by atoms with E-state index in [4.69, 9.17) is 4.74 Å². The van der Waals surface area contributed by atoms with Gasteiger partial charge in [-0.2, -0.15) is 0 Å². The zero-order valence-corrected chi connectivity index (χ0v) is 20.0. The van der Waals surface area contributed by atoms with Crippen molar-refractivity contribution in [3.8, 4) is 5.75 Å². The molecule has 1 fully saturated rings. The van der Waals surface area contributed by atoms with Crippen LogP contribution in [-0.2, 0) is 0 Å². The molecular formula is C25H33FN4O3. The van der Waals surface area contributed by atoms with E-state index in [-0.39, 0.29) is 22.7 Å². The molecular weight excluding hydrogens is 423 g/mol. The number of ether oxygens (including phenoxy) is 1. The summed E-state index contributed by atoms with van der Waals surface area (Å²) in [5.41, 5.74) is 0.263. The third-order valence-electron chi connectivity index (χ3n) is 5.32. The number of aromatic nitrogens is 1. The summed E-state index contributed by atoms with van der Waals surface area (Å²) in [4.78, 5) is 32.9. The fourth-order valence-electron chi connectivity index (χ4n) is 4.26. The van der Waals surface area contributed by atoms with Gasteiger partial charge in [0.15, 0.2) is 0 Å². The van der Waals surface area contributed by atoms with Gasteiger partial charge in [0.05, 0.1) is 6.20 Å². The Kier molecular flexibility index (Phi) is 7.25. The monoisotopic (exact) mass is 456 g/mol. The molecule has 0 saturated carbocycles. The topological polar surface area (TPSA) is 74.8 Å². The third kappa shape index (κ3) is 7.17. The van der Waals surface area contributed by atoms with Crippen molar-refractivity contribution in [1.29, 1.82) is 0 Å². The standard InChI is InChI=1S/C25H33FN4O3/c1-24(2,3)17-25(4,5)28-22(31)18-6-9-20(10-7-18)33-23(32)30-14-12-29(13-15-30)21-11-8-19(26)16-27-21/h6-11,16H,12-15,17H2,1-5H3,(H,28,31). The molecule has 0 aliphatic carbocycles. The summed E-state index contributed by atoms with van der Waals surface area (Å²) in [7, 11) is 0. The molecule has 2 aromatic rings. The van der Waals surface area contributed by atoms with Crippen LogP contribution in [-0.4, -0.2) is 53.6 Å². The van der Waals surface area contributed by atoms with Crippen molar-refractivity contribution < 1.29 is 18.7 Å². The van der Waals surface area contributed by atoms with Crippen LogP contribution in [0, 0.1) is 11.2 Å². The van der Waals surface area contributed by atoms with Crippen LogP contribution < -0.4 is 15.0 Å². The maximum Gasteiger partial charge on any atom is 0.415 e. The van der Waals surface area contributed by atoms with E-state index in [0.717, 1.165) is 6.42 Å². The van der Waals surface area contributed by atoms with Gasteiger partial charge in [0.2, 0.25) is 0 Å². The van der Waals surface area contributed by atoms with E-state index >= 15 is 0 Å². The molecule has 2 amide bonds. The van der Waals surface area contributed by atoms with Crippen molar-refractivity contribution in [2.75, 3.05) is 31.1 Å². The molecule has 0 bridgehead atoms. The maximum absolute atomic E-state index is 13.1. The molecule has 2 heterocycles. The SMILES string of the molecule is CC(C)(C)CC(C)(C)NC(=O)c1ccc(OC(=O)N2CCN(c3ccc(F)cn3)CC2)cc1. The first-order valence-electron chi connectivity index (χ1n) is 11.2. The zero-order valence-electron chi connectivity index (χ0n) is 20.0. The van der Waals surface area contributed by atoms with Crippen LogP contribution >= 0.6 is 0 Å². The number of nitrogens with one attached hydrogen (secondary N) is 1. The lowest BCUT2D eigenvalue weighted by atomic mass is 9.81. The van der Waals surface area contributed by atoms with E-state index < -0.39 is 6.09 Å². The van der Waals surface area contributed by atoms with E-state index in [1.54, 1.807) is 35.2 Å². The van der Waals surface area contributed by atoms with E-state index in [9.17, 15) is 14.0 Å². The minimum Gasteiger partial charge on any atom is -0.410 e. The molecule has 8 heteroatoms. The van der Waals surface area contributed by atoms with Gasteiger partial charge >= 0.3 is 6.09 Å². The first-order chi connectivity index (χ1) is 15.4. The summed E-state index contributed by atoms with van der Waals surface area (Å²) in [6.45, 7) is 12.6. The Labute approximate surface area is 194 Å². The molecule has 0 spiro atoms. The van der Waals surface area contributed by atoms with Crippen LogP contribution in [0.15, 0.2) is 42.6 Å². The number of anilines is 1. The molecule has 1 N–H and O–H groups in total. The number of piperazine rings is 1. The predicted molar refractivity (Wildman–Crippen MR) is 126 cm³/mol. The lowest BCUT2D eigenvalue weighted by molar-refractivity contribution is 0.0891. The number of nitrogens with zero attached hydrogens (tertiary/aromatic N) is 3. The van der Waals surface area contributed by atoms with Crippen LogP contribution in [0.5, 0.6) is 5.75 Å². The van der Waals surface area contributed by atoms with Gasteiger partial charge in [-0.25, -0.2) is 14.2 Å². The summed E-state index contributed by atoms with van der Waals surface area (Å²) in [5.74, 6) is 0.530. The number of hydrogen-bond donors (Lipinski definition) is 1. The van der Waals surface area contributed by atoms with Crippen molar-refractivity contribution in [2.45, 2.75) is 46.6 Å². The lowest BCUT2D eigenvalue weighted by Crippen LogP contribution is -2.49. The van der Waals surface area contributed by atoms with Crippen LogP contribution in [0.4, 0.5) is 15.0 Å². The smallest absolute Gasteiger partial charge is 0.410 e. The molecule has 1 aliphatic heterocycles. The van der Waals surface area contributed by atoms with Gasteiger partial charge in [0, 0.05) is 37.3 Å². The second-order valence-electron chi connectivity index (χ2n) is 10.3. The Morgan fingerprint density at radius 1 is 1.00 bits per heavy atom. The minimum atomic E-state index is -0.440. The van der Waals surface area contributed by atoms with E-state index in [2.05, 4.69) is 31.1 Å². The molecule has 33 heavy (non-hydrogen) atoms. The second-order valence-corrected chi connectivity index (χ2v) is 10.3. The Bertz CT molecular complexity index is 961. The van der Waals surface area contributed by atoms with Crippen molar-refractivity contribution in [3.05, 3.63) is 54.0 Å². The number of pyridine rings is 1. The lowest BCUT2D eigenvalue weighted by Gasteiger charge is -2.34. The second kappa shape index (κ2) is 9.77. The molecule has 1 aliphatic rings. The van der Waals surface area contributed by atoms with Crippen LogP contribution in [0.1, 0.15) is 51.4 Å². The number of benzene rings is 1. The van der Waals surface area contributed by atoms with Gasteiger partial charge in [0.1, 0.15) is 17.4 Å². The summed E-state index contributed by atoms with van der Waals surface area (Å²) < 4.78 is 18.5. The molecule has 1 aromatic carbocycles. The Morgan fingerprint density at radius 2 is 1.64 bits per heavy atom. The van der Waals surface area contributed by atoms with E-state index in [0.29, 0.717) is 43.3 Å². The number of hydrogen-bond acceptors (Lipinski definition) is 5. The highest BCUT2D eigenvalue weighted by Gasteiger charge is 2.27. The molecule has 1 saturated heterocycles. The molecule has 178 valence electrons. The fourth-order valence-corrected chi connectivity index (χ4v) is 4.26. The highest BCUT2D eigenvalue weighted by molar-refractivity contribution is 5.94. The maximum atomic E-state index is 13.1. The number of rotatable bonds is 5. The molecule has 7 nitrogen and oxygen atoms in total. The van der Waals surface area contributed by atoms with Gasteiger partial charge in [-0.15, -0.1) is 0 Å². The number of carbonyl (C=O) groups is 2.